The van der Waals surface area contributed by atoms with Crippen LogP contribution in [-0.2, 0) is 20.7 Å². The highest BCUT2D eigenvalue weighted by Crippen LogP contribution is 2.41. The second-order valence-corrected chi connectivity index (χ2v) is 9.95. The summed E-state index contributed by atoms with van der Waals surface area (Å²) in [5, 5.41) is 12.2. The minimum atomic E-state index is -0.493. The number of benzene rings is 1. The number of nitrogens with one attached hydrogen (secondary N) is 1. The maximum Gasteiger partial charge on any atom is 0.544 e. The normalized spacial score (nSPS) is 16.2. The van der Waals surface area contributed by atoms with Crippen molar-refractivity contribution in [1.29, 1.82) is 5.26 Å². The summed E-state index contributed by atoms with van der Waals surface area (Å²) in [4.78, 5) is 33.5. The molecule has 0 spiro atoms. The largest absolute Gasteiger partial charge is 0.544 e. The summed E-state index contributed by atoms with van der Waals surface area (Å²) in [5.74, 6) is -1.01. The number of esters is 1. The average molecular weight is 472 g/mol. The van der Waals surface area contributed by atoms with Crippen molar-refractivity contribution in [3.05, 3.63) is 69.3 Å². The van der Waals surface area contributed by atoms with Crippen molar-refractivity contribution in [2.75, 3.05) is 18.1 Å². The maximum atomic E-state index is 12.7. The predicted octanol–water partition coefficient (Wildman–Crippen LogP) is 4.61. The molecular formula is C27H29N5O3. The fourth-order valence-corrected chi connectivity index (χ4v) is 4.35. The first-order valence-corrected chi connectivity index (χ1v) is 11.5. The first-order valence-electron chi connectivity index (χ1n) is 11.5. The number of amides is 1. The molecule has 2 heterocycles. The van der Waals surface area contributed by atoms with Crippen LogP contribution in [0.15, 0.2) is 35.3 Å². The Kier molecular flexibility index (Phi) is 7.04. The van der Waals surface area contributed by atoms with E-state index < -0.39 is 11.3 Å². The van der Waals surface area contributed by atoms with Crippen molar-refractivity contribution in [1.82, 2.24) is 5.32 Å². The van der Waals surface area contributed by atoms with Gasteiger partial charge in [0.1, 0.15) is 19.2 Å². The first-order chi connectivity index (χ1) is 16.5. The van der Waals surface area contributed by atoms with Gasteiger partial charge < -0.3 is 15.0 Å². The summed E-state index contributed by atoms with van der Waals surface area (Å²) in [5.41, 5.74) is 2.16. The molecule has 0 aromatic heterocycles. The predicted molar refractivity (Wildman–Crippen MR) is 132 cm³/mol. The standard InChI is InChI=1S/C27H29N5O3/c1-8-26(2,3)25(34)35-13-9-12-32-20-11-10-17(14-18(20)15-27(32,4)5)21-19(16-28)22(31-24(21)33)23(29-6)30-7/h10-11,14H,8-9,12-13,15H2,1-5H3,(H,31,33). The number of hydrogen-bond donors (Lipinski definition) is 1. The van der Waals surface area contributed by atoms with Crippen LogP contribution >= 0.6 is 0 Å². The number of nitrogens with zero attached hydrogens (tertiary/aromatic N) is 4. The van der Waals surface area contributed by atoms with E-state index in [9.17, 15) is 14.9 Å². The Morgan fingerprint density at radius 3 is 2.60 bits per heavy atom. The van der Waals surface area contributed by atoms with Crippen molar-refractivity contribution in [3.63, 3.8) is 0 Å². The molecule has 1 amide bonds. The van der Waals surface area contributed by atoms with Gasteiger partial charge in [0.05, 0.1) is 23.2 Å². The third-order valence-electron chi connectivity index (χ3n) is 6.72. The number of rotatable bonds is 7. The Hall–Kier alpha value is -4.09. The zero-order valence-corrected chi connectivity index (χ0v) is 20.8. The zero-order valence-electron chi connectivity index (χ0n) is 20.8. The van der Waals surface area contributed by atoms with Crippen LogP contribution in [-0.4, -0.2) is 30.6 Å². The van der Waals surface area contributed by atoms with Gasteiger partial charge in [0.2, 0.25) is 0 Å². The number of carbonyl (C=O) groups is 2. The average Bonchev–Trinajstić information content (AvgIpc) is 3.28. The molecule has 0 radical (unpaired) electrons. The molecule has 0 saturated carbocycles. The third kappa shape index (κ3) is 4.77. The lowest BCUT2D eigenvalue weighted by molar-refractivity contribution is -0.154. The molecule has 0 bridgehead atoms. The molecule has 0 unspecified atom stereocenters. The van der Waals surface area contributed by atoms with E-state index in [1.54, 1.807) is 6.07 Å². The zero-order chi connectivity index (χ0) is 26.0. The molecule has 2 aliphatic rings. The molecule has 180 valence electrons. The second-order valence-electron chi connectivity index (χ2n) is 9.95. The quantitative estimate of drug-likeness (QED) is 0.356. The highest BCUT2D eigenvalue weighted by molar-refractivity contribution is 6.26. The van der Waals surface area contributed by atoms with E-state index in [0.29, 0.717) is 25.1 Å². The first kappa shape index (κ1) is 25.5. The van der Waals surface area contributed by atoms with Gasteiger partial charge in [-0.2, -0.15) is 15.0 Å². The number of hydrogen-bond acceptors (Lipinski definition) is 5. The van der Waals surface area contributed by atoms with Gasteiger partial charge >= 0.3 is 11.8 Å². The third-order valence-corrected chi connectivity index (χ3v) is 6.72. The minimum Gasteiger partial charge on any atom is -0.465 e. The van der Waals surface area contributed by atoms with E-state index in [4.69, 9.17) is 17.9 Å². The Bertz CT molecular complexity index is 1250. The van der Waals surface area contributed by atoms with Gasteiger partial charge in [-0.1, -0.05) is 13.0 Å². The molecule has 0 saturated heterocycles. The van der Waals surface area contributed by atoms with Gasteiger partial charge in [0.15, 0.2) is 5.70 Å². The van der Waals surface area contributed by atoms with E-state index in [1.807, 2.05) is 39.0 Å². The van der Waals surface area contributed by atoms with E-state index >= 15 is 0 Å². The Balaban J connectivity index is 1.84. The second kappa shape index (κ2) is 9.65. The molecule has 8 nitrogen and oxygen atoms in total. The molecule has 2 aliphatic heterocycles. The smallest absolute Gasteiger partial charge is 0.465 e. The molecule has 8 heteroatoms. The molecule has 1 N–H and O–H groups in total. The van der Waals surface area contributed by atoms with Gasteiger partial charge in [-0.25, -0.2) is 0 Å². The fraction of sp³-hybridized carbons (Fsp3) is 0.444. The maximum absolute atomic E-state index is 12.7. The van der Waals surface area contributed by atoms with Crippen LogP contribution in [0.25, 0.3) is 15.3 Å². The molecule has 35 heavy (non-hydrogen) atoms. The lowest BCUT2D eigenvalue weighted by Gasteiger charge is -2.34. The fourth-order valence-electron chi connectivity index (χ4n) is 4.35. The monoisotopic (exact) mass is 471 g/mol. The van der Waals surface area contributed by atoms with Crippen LogP contribution in [0.4, 0.5) is 5.69 Å². The van der Waals surface area contributed by atoms with Crippen LogP contribution < -0.4 is 10.2 Å². The molecule has 3 rings (SSSR count). The summed E-state index contributed by atoms with van der Waals surface area (Å²) < 4.78 is 5.49. The Morgan fingerprint density at radius 1 is 1.31 bits per heavy atom. The molecule has 1 aromatic carbocycles. The van der Waals surface area contributed by atoms with Gasteiger partial charge in [0, 0.05) is 17.8 Å². The van der Waals surface area contributed by atoms with Crippen LogP contribution in [0.2, 0.25) is 0 Å². The van der Waals surface area contributed by atoms with Gasteiger partial charge in [-0.3, -0.25) is 9.59 Å². The van der Waals surface area contributed by atoms with Crippen LogP contribution in [0, 0.1) is 29.9 Å². The van der Waals surface area contributed by atoms with E-state index in [1.165, 1.54) is 0 Å². The molecule has 0 fully saturated rings. The van der Waals surface area contributed by atoms with Gasteiger partial charge in [-0.05, 0) is 70.2 Å². The molecular weight excluding hydrogens is 442 g/mol. The summed E-state index contributed by atoms with van der Waals surface area (Å²) in [6.45, 7) is 25.4. The summed E-state index contributed by atoms with van der Waals surface area (Å²) in [6.07, 6.45) is 2.15. The number of carbonyl (C=O) groups excluding carboxylic acids is 2. The van der Waals surface area contributed by atoms with Gasteiger partial charge in [-0.15, -0.1) is 0 Å². The van der Waals surface area contributed by atoms with Crippen LogP contribution in [0.3, 0.4) is 0 Å². The summed E-state index contributed by atoms with van der Waals surface area (Å²) in [7, 11) is 0. The summed E-state index contributed by atoms with van der Waals surface area (Å²) in [6, 6.07) is 7.63. The molecule has 1 aromatic rings. The van der Waals surface area contributed by atoms with E-state index in [2.05, 4.69) is 33.8 Å². The van der Waals surface area contributed by atoms with Crippen LogP contribution in [0.5, 0.6) is 0 Å². The number of ether oxygens (including phenoxy) is 1. The van der Waals surface area contributed by atoms with Crippen molar-refractivity contribution in [2.45, 2.75) is 59.4 Å². The highest BCUT2D eigenvalue weighted by atomic mass is 16.5. The number of allylic oxidation sites excluding steroid dienone is 1. The van der Waals surface area contributed by atoms with E-state index in [-0.39, 0.29) is 34.2 Å². The van der Waals surface area contributed by atoms with Crippen molar-refractivity contribution >= 4 is 23.1 Å². The van der Waals surface area contributed by atoms with E-state index in [0.717, 1.165) is 24.1 Å². The molecule has 0 aliphatic carbocycles. The highest BCUT2D eigenvalue weighted by Gasteiger charge is 2.38. The van der Waals surface area contributed by atoms with Crippen molar-refractivity contribution in [3.8, 4) is 6.07 Å². The van der Waals surface area contributed by atoms with Crippen LogP contribution in [0.1, 0.15) is 58.6 Å². The lowest BCUT2D eigenvalue weighted by atomic mass is 9.91. The van der Waals surface area contributed by atoms with Crippen molar-refractivity contribution < 1.29 is 14.3 Å². The number of anilines is 1. The SMILES string of the molecule is [C-]#[N+]C([N+]#[C-])=C1NC(=O)C(c2ccc3c(c2)CC(C)(C)N3CCCOC(=O)C(C)(C)CC)=C1C#N. The van der Waals surface area contributed by atoms with Crippen molar-refractivity contribution in [2.24, 2.45) is 5.41 Å². The molecule has 0 atom stereocenters. The Labute approximate surface area is 206 Å². The van der Waals surface area contributed by atoms with Gasteiger partial charge in [0.25, 0.3) is 5.91 Å². The minimum absolute atomic E-state index is 0.0166. The number of nitriles is 1. The topological polar surface area (TPSA) is 91.2 Å². The number of fused-ring (bicyclic) bond motifs is 1. The lowest BCUT2D eigenvalue weighted by Crippen LogP contribution is -2.42. The Morgan fingerprint density at radius 2 is 2.00 bits per heavy atom. The summed E-state index contributed by atoms with van der Waals surface area (Å²) >= 11 is 0.